The average Bonchev–Trinajstić information content (AvgIpc) is 2.88. The number of nitrogens with one attached hydrogen (secondary N) is 2. The topological polar surface area (TPSA) is 87.3 Å². The molecule has 7 nitrogen and oxygen atoms in total. The first-order valence-electron chi connectivity index (χ1n) is 6.81. The lowest BCUT2D eigenvalue weighted by atomic mass is 10.2. The van der Waals surface area contributed by atoms with Crippen LogP contribution in [0.25, 0.3) is 0 Å². The molecule has 1 aliphatic heterocycles. The molecule has 2 N–H and O–H groups in total. The smallest absolute Gasteiger partial charge is 0.260 e. The molecule has 0 aromatic carbocycles. The number of hydrogen-bond donors (Lipinski definition) is 2. The van der Waals surface area contributed by atoms with Crippen LogP contribution in [0.3, 0.4) is 0 Å². The molecule has 0 radical (unpaired) electrons. The summed E-state index contributed by atoms with van der Waals surface area (Å²) >= 11 is 0. The van der Waals surface area contributed by atoms with Crippen LogP contribution in [0.5, 0.6) is 0 Å². The van der Waals surface area contributed by atoms with Gasteiger partial charge in [0.25, 0.3) is 10.0 Å². The first-order valence-corrected chi connectivity index (χ1v) is 8.25. The largest absolute Gasteiger partial charge is 0.375 e. The molecular weight excluding hydrogens is 280 g/mol. The van der Waals surface area contributed by atoms with Gasteiger partial charge in [-0.3, -0.25) is 5.10 Å². The van der Waals surface area contributed by atoms with Gasteiger partial charge in [-0.2, -0.15) is 9.40 Å². The van der Waals surface area contributed by atoms with Crippen molar-refractivity contribution in [2.24, 2.45) is 0 Å². The van der Waals surface area contributed by atoms with Crippen LogP contribution in [0.15, 0.2) is 11.2 Å². The van der Waals surface area contributed by atoms with E-state index < -0.39 is 10.0 Å². The third-order valence-electron chi connectivity index (χ3n) is 3.50. The summed E-state index contributed by atoms with van der Waals surface area (Å²) in [6, 6.07) is -0.123. The highest BCUT2D eigenvalue weighted by molar-refractivity contribution is 7.89. The minimum absolute atomic E-state index is 0.0942. The summed E-state index contributed by atoms with van der Waals surface area (Å²) in [4.78, 5) is 0. The summed E-state index contributed by atoms with van der Waals surface area (Å²) in [6.45, 7) is 5.12. The van der Waals surface area contributed by atoms with E-state index in [1.165, 1.54) is 4.31 Å². The summed E-state index contributed by atoms with van der Waals surface area (Å²) in [5, 5.41) is 9.63. The molecule has 0 amide bonds. The minimum Gasteiger partial charge on any atom is -0.375 e. The molecule has 2 rings (SSSR count). The summed E-state index contributed by atoms with van der Waals surface area (Å²) in [6.07, 6.45) is 2.18. The van der Waals surface area contributed by atoms with Crippen molar-refractivity contribution < 1.29 is 13.2 Å². The van der Waals surface area contributed by atoms with Crippen molar-refractivity contribution in [2.45, 2.75) is 44.0 Å². The summed E-state index contributed by atoms with van der Waals surface area (Å²) in [5.74, 6) is 0. The lowest BCUT2D eigenvalue weighted by molar-refractivity contribution is -0.0231. The molecule has 0 bridgehead atoms. The minimum atomic E-state index is -3.57. The van der Waals surface area contributed by atoms with Crippen molar-refractivity contribution in [3.63, 3.8) is 0 Å². The van der Waals surface area contributed by atoms with E-state index in [-0.39, 0.29) is 17.2 Å². The quantitative estimate of drug-likeness (QED) is 0.818. The van der Waals surface area contributed by atoms with E-state index >= 15 is 0 Å². The molecule has 1 aliphatic rings. The number of morpholine rings is 1. The fraction of sp³-hybridized carbons (Fsp3) is 0.750. The Labute approximate surface area is 119 Å². The van der Waals surface area contributed by atoms with Gasteiger partial charge in [-0.05, 0) is 20.4 Å². The van der Waals surface area contributed by atoms with Crippen molar-refractivity contribution in [3.8, 4) is 0 Å². The number of aromatic nitrogens is 2. The van der Waals surface area contributed by atoms with Gasteiger partial charge in [-0.25, -0.2) is 8.42 Å². The monoisotopic (exact) mass is 302 g/mol. The molecule has 8 heteroatoms. The molecule has 1 fully saturated rings. The van der Waals surface area contributed by atoms with Crippen LogP contribution in [-0.4, -0.2) is 55.3 Å². The normalized spacial score (nSPS) is 24.9. The van der Waals surface area contributed by atoms with E-state index in [9.17, 15) is 8.42 Å². The zero-order chi connectivity index (χ0) is 14.8. The van der Waals surface area contributed by atoms with Crippen molar-refractivity contribution >= 4 is 10.0 Å². The van der Waals surface area contributed by atoms with Crippen LogP contribution in [0.1, 0.15) is 25.8 Å². The van der Waals surface area contributed by atoms with E-state index in [1.807, 2.05) is 13.8 Å². The molecule has 0 saturated carbocycles. The van der Waals surface area contributed by atoms with Gasteiger partial charge >= 0.3 is 0 Å². The number of H-pyrrole nitrogens is 1. The lowest BCUT2D eigenvalue weighted by Crippen LogP contribution is -2.51. The Morgan fingerprint density at radius 1 is 1.60 bits per heavy atom. The molecular formula is C12H22N4O3S. The van der Waals surface area contributed by atoms with E-state index in [2.05, 4.69) is 15.5 Å². The van der Waals surface area contributed by atoms with E-state index in [4.69, 9.17) is 4.74 Å². The molecule has 0 aliphatic carbocycles. The maximum absolute atomic E-state index is 12.8. The maximum atomic E-state index is 12.8. The van der Waals surface area contributed by atoms with Crippen LogP contribution in [-0.2, 0) is 21.3 Å². The summed E-state index contributed by atoms with van der Waals surface area (Å²) in [5.41, 5.74) is 0.654. The number of nitrogens with zero attached hydrogens (tertiary/aromatic N) is 2. The van der Waals surface area contributed by atoms with Crippen molar-refractivity contribution in [1.82, 2.24) is 19.8 Å². The SMILES string of the molecule is CCC1COC(C)CN1S(=O)(=O)c1[nH]ncc1CNC. The number of rotatable bonds is 5. The first-order chi connectivity index (χ1) is 9.50. The zero-order valence-corrected chi connectivity index (χ0v) is 12.9. The fourth-order valence-corrected chi connectivity index (χ4v) is 4.25. The number of sulfonamides is 1. The van der Waals surface area contributed by atoms with Gasteiger partial charge in [0.15, 0.2) is 5.03 Å². The second-order valence-corrected chi connectivity index (χ2v) is 6.86. The Kier molecular flexibility index (Phi) is 4.79. The van der Waals surface area contributed by atoms with Gasteiger partial charge in [0.2, 0.25) is 0 Å². The van der Waals surface area contributed by atoms with Crippen LogP contribution in [0.2, 0.25) is 0 Å². The molecule has 2 unspecified atom stereocenters. The van der Waals surface area contributed by atoms with Gasteiger partial charge in [-0.15, -0.1) is 0 Å². The molecule has 0 spiro atoms. The van der Waals surface area contributed by atoms with Crippen molar-refractivity contribution in [1.29, 1.82) is 0 Å². The Hall–Kier alpha value is -0.960. The molecule has 1 aromatic heterocycles. The highest BCUT2D eigenvalue weighted by Crippen LogP contribution is 2.24. The third kappa shape index (κ3) is 2.88. The molecule has 114 valence electrons. The van der Waals surface area contributed by atoms with Gasteiger partial charge in [0, 0.05) is 24.7 Å². The molecule has 20 heavy (non-hydrogen) atoms. The molecule has 1 aromatic rings. The standard InChI is InChI=1S/C12H22N4O3S/c1-4-11-8-19-9(2)7-16(11)20(17,18)12-10(5-13-3)6-14-15-12/h6,9,11,13H,4-5,7-8H2,1-3H3,(H,14,15). The van der Waals surface area contributed by atoms with Gasteiger partial charge < -0.3 is 10.1 Å². The van der Waals surface area contributed by atoms with Crippen LogP contribution in [0.4, 0.5) is 0 Å². The van der Waals surface area contributed by atoms with Crippen molar-refractivity contribution in [2.75, 3.05) is 20.2 Å². The van der Waals surface area contributed by atoms with Crippen LogP contribution < -0.4 is 5.32 Å². The predicted octanol–water partition coefficient (Wildman–Crippen LogP) is 0.317. The Morgan fingerprint density at radius 3 is 3.00 bits per heavy atom. The van der Waals surface area contributed by atoms with Crippen molar-refractivity contribution in [3.05, 3.63) is 11.8 Å². The number of hydrogen-bond acceptors (Lipinski definition) is 5. The van der Waals surface area contributed by atoms with E-state index in [1.54, 1.807) is 13.2 Å². The number of aromatic amines is 1. The highest BCUT2D eigenvalue weighted by Gasteiger charge is 2.37. The second kappa shape index (κ2) is 6.21. The predicted molar refractivity (Wildman–Crippen MR) is 74.7 cm³/mol. The van der Waals surface area contributed by atoms with Gasteiger partial charge in [-0.1, -0.05) is 6.92 Å². The first kappa shape index (κ1) is 15.4. The van der Waals surface area contributed by atoms with E-state index in [0.29, 0.717) is 25.3 Å². The fourth-order valence-electron chi connectivity index (χ4n) is 2.39. The zero-order valence-electron chi connectivity index (χ0n) is 12.1. The Morgan fingerprint density at radius 2 is 2.35 bits per heavy atom. The average molecular weight is 302 g/mol. The molecule has 2 heterocycles. The Balaban J connectivity index is 2.34. The van der Waals surface area contributed by atoms with Gasteiger partial charge in [0.05, 0.1) is 18.9 Å². The molecule has 1 saturated heterocycles. The highest BCUT2D eigenvalue weighted by atomic mass is 32.2. The summed E-state index contributed by atoms with van der Waals surface area (Å²) in [7, 11) is -1.80. The van der Waals surface area contributed by atoms with Crippen LogP contribution in [0, 0.1) is 0 Å². The van der Waals surface area contributed by atoms with Crippen LogP contribution >= 0.6 is 0 Å². The maximum Gasteiger partial charge on any atom is 0.260 e. The second-order valence-electron chi connectivity index (χ2n) is 5.04. The van der Waals surface area contributed by atoms with Gasteiger partial charge in [0.1, 0.15) is 0 Å². The number of ether oxygens (including phenoxy) is 1. The lowest BCUT2D eigenvalue weighted by Gasteiger charge is -2.36. The Bertz CT molecular complexity index is 543. The van der Waals surface area contributed by atoms with E-state index in [0.717, 1.165) is 6.42 Å². The molecule has 2 atom stereocenters. The third-order valence-corrected chi connectivity index (χ3v) is 5.43. The summed E-state index contributed by atoms with van der Waals surface area (Å²) < 4.78 is 32.8.